The first kappa shape index (κ1) is 17.6. The molecule has 0 saturated carbocycles. The summed E-state index contributed by atoms with van der Waals surface area (Å²) < 4.78 is 7.41. The standard InChI is InChI=1S/C16H19N9OS/c17-14-19-13(20-15(21-14)18-11-5-2-1-3-6-11)10-27-16-22-23-24-25(16)9-12-7-4-8-26-12/h1-3,5-6,12H,4,7-10H2,(H3,17,18,19,20,21). The Morgan fingerprint density at radius 3 is 2.93 bits per heavy atom. The van der Waals surface area contributed by atoms with Crippen molar-refractivity contribution in [3.05, 3.63) is 36.2 Å². The number of nitrogens with one attached hydrogen (secondary N) is 1. The average molecular weight is 385 g/mol. The molecular formula is C16H19N9OS. The third-order valence-electron chi connectivity index (χ3n) is 3.96. The van der Waals surface area contributed by atoms with Crippen molar-refractivity contribution in [3.8, 4) is 0 Å². The topological polar surface area (TPSA) is 130 Å². The number of nitrogens with zero attached hydrogens (tertiary/aromatic N) is 7. The number of para-hydroxylation sites is 1. The maximum absolute atomic E-state index is 5.83. The molecule has 1 fully saturated rings. The summed E-state index contributed by atoms with van der Waals surface area (Å²) in [6, 6.07) is 9.64. The van der Waals surface area contributed by atoms with E-state index in [1.807, 2.05) is 30.3 Å². The molecule has 3 aromatic rings. The van der Waals surface area contributed by atoms with Crippen LogP contribution in [0, 0.1) is 0 Å². The number of tetrazole rings is 1. The third-order valence-corrected chi connectivity index (χ3v) is 4.91. The second-order valence-corrected chi connectivity index (χ2v) is 6.93. The highest BCUT2D eigenvalue weighted by Gasteiger charge is 2.19. The van der Waals surface area contributed by atoms with Crippen LogP contribution in [0.4, 0.5) is 17.6 Å². The third kappa shape index (κ3) is 4.68. The molecule has 27 heavy (non-hydrogen) atoms. The summed E-state index contributed by atoms with van der Waals surface area (Å²) in [5.74, 6) is 1.60. The molecule has 2 aromatic heterocycles. The summed E-state index contributed by atoms with van der Waals surface area (Å²) >= 11 is 1.45. The molecule has 1 aliphatic rings. The minimum Gasteiger partial charge on any atom is -0.376 e. The van der Waals surface area contributed by atoms with Gasteiger partial charge in [0.25, 0.3) is 0 Å². The fraction of sp³-hybridized carbons (Fsp3) is 0.375. The highest BCUT2D eigenvalue weighted by atomic mass is 32.2. The number of ether oxygens (including phenoxy) is 1. The number of hydrogen-bond acceptors (Lipinski definition) is 10. The molecule has 0 amide bonds. The van der Waals surface area contributed by atoms with Gasteiger partial charge in [0.15, 0.2) is 0 Å². The fourth-order valence-corrected chi connectivity index (χ4v) is 3.48. The number of nitrogen functional groups attached to an aromatic ring is 1. The van der Waals surface area contributed by atoms with Gasteiger partial charge in [-0.15, -0.1) is 5.10 Å². The minimum atomic E-state index is 0.165. The van der Waals surface area contributed by atoms with E-state index in [-0.39, 0.29) is 12.1 Å². The van der Waals surface area contributed by atoms with Crippen LogP contribution >= 0.6 is 11.8 Å². The number of thioether (sulfide) groups is 1. The normalized spacial score (nSPS) is 16.5. The summed E-state index contributed by atoms with van der Waals surface area (Å²) in [5, 5.41) is 15.7. The minimum absolute atomic E-state index is 0.165. The zero-order valence-corrected chi connectivity index (χ0v) is 15.3. The van der Waals surface area contributed by atoms with Crippen molar-refractivity contribution in [2.75, 3.05) is 17.7 Å². The quantitative estimate of drug-likeness (QED) is 0.579. The molecule has 0 aliphatic carbocycles. The van der Waals surface area contributed by atoms with Gasteiger partial charge in [0.1, 0.15) is 5.82 Å². The van der Waals surface area contributed by atoms with Crippen molar-refractivity contribution in [2.24, 2.45) is 0 Å². The van der Waals surface area contributed by atoms with Gasteiger partial charge in [0.2, 0.25) is 17.1 Å². The van der Waals surface area contributed by atoms with Gasteiger partial charge in [-0.25, -0.2) is 4.68 Å². The summed E-state index contributed by atoms with van der Waals surface area (Å²) in [6.07, 6.45) is 2.28. The van der Waals surface area contributed by atoms with E-state index >= 15 is 0 Å². The molecular weight excluding hydrogens is 366 g/mol. The molecule has 0 radical (unpaired) electrons. The number of rotatable bonds is 7. The van der Waals surface area contributed by atoms with Gasteiger partial charge in [-0.05, 0) is 35.4 Å². The molecule has 0 bridgehead atoms. The van der Waals surface area contributed by atoms with E-state index in [0.29, 0.717) is 29.2 Å². The molecule has 4 rings (SSSR count). The van der Waals surface area contributed by atoms with Gasteiger partial charge >= 0.3 is 0 Å². The van der Waals surface area contributed by atoms with E-state index < -0.39 is 0 Å². The lowest BCUT2D eigenvalue weighted by molar-refractivity contribution is 0.0912. The van der Waals surface area contributed by atoms with Crippen molar-refractivity contribution in [1.82, 2.24) is 35.2 Å². The summed E-state index contributed by atoms with van der Waals surface area (Å²) in [5.41, 5.74) is 6.70. The molecule has 1 aromatic carbocycles. The first-order valence-electron chi connectivity index (χ1n) is 8.59. The number of benzene rings is 1. The van der Waals surface area contributed by atoms with Gasteiger partial charge in [0, 0.05) is 12.3 Å². The SMILES string of the molecule is Nc1nc(CSc2nnnn2CC2CCCO2)nc(Nc2ccccc2)n1. The number of hydrogen-bond donors (Lipinski definition) is 2. The van der Waals surface area contributed by atoms with Crippen molar-refractivity contribution in [1.29, 1.82) is 0 Å². The monoisotopic (exact) mass is 385 g/mol. The molecule has 0 spiro atoms. The Balaban J connectivity index is 1.42. The largest absolute Gasteiger partial charge is 0.376 e. The van der Waals surface area contributed by atoms with Crippen LogP contribution in [0.5, 0.6) is 0 Å². The van der Waals surface area contributed by atoms with Crippen LogP contribution in [0.25, 0.3) is 0 Å². The van der Waals surface area contributed by atoms with E-state index in [2.05, 4.69) is 35.8 Å². The lowest BCUT2D eigenvalue weighted by Gasteiger charge is -2.10. The number of aromatic nitrogens is 7. The number of nitrogens with two attached hydrogens (primary N) is 1. The predicted molar refractivity (Wildman–Crippen MR) is 100 cm³/mol. The average Bonchev–Trinajstić information content (AvgIpc) is 3.33. The van der Waals surface area contributed by atoms with Gasteiger partial charge in [-0.1, -0.05) is 30.0 Å². The highest BCUT2D eigenvalue weighted by molar-refractivity contribution is 7.98. The summed E-state index contributed by atoms with van der Waals surface area (Å²) in [4.78, 5) is 12.8. The molecule has 11 heteroatoms. The van der Waals surface area contributed by atoms with Crippen molar-refractivity contribution < 1.29 is 4.74 Å². The van der Waals surface area contributed by atoms with Gasteiger partial charge in [-0.3, -0.25) is 0 Å². The molecule has 10 nitrogen and oxygen atoms in total. The zero-order valence-electron chi connectivity index (χ0n) is 14.5. The van der Waals surface area contributed by atoms with Crippen LogP contribution in [-0.4, -0.2) is 47.9 Å². The van der Waals surface area contributed by atoms with Crippen molar-refractivity contribution in [2.45, 2.75) is 36.4 Å². The van der Waals surface area contributed by atoms with E-state index in [1.165, 1.54) is 11.8 Å². The smallest absolute Gasteiger partial charge is 0.232 e. The molecule has 140 valence electrons. The van der Waals surface area contributed by atoms with Crippen LogP contribution in [0.15, 0.2) is 35.5 Å². The fourth-order valence-electron chi connectivity index (χ4n) is 2.73. The Labute approximate surface area is 159 Å². The Morgan fingerprint density at radius 2 is 2.11 bits per heavy atom. The first-order chi connectivity index (χ1) is 13.3. The van der Waals surface area contributed by atoms with Crippen LogP contribution in [0.2, 0.25) is 0 Å². The Hall–Kier alpha value is -2.79. The maximum atomic E-state index is 5.83. The lowest BCUT2D eigenvalue weighted by atomic mass is 10.2. The molecule has 1 saturated heterocycles. The Bertz CT molecular complexity index is 883. The predicted octanol–water partition coefficient (Wildman–Crippen LogP) is 1.66. The van der Waals surface area contributed by atoms with Gasteiger partial charge in [0.05, 0.1) is 18.4 Å². The van der Waals surface area contributed by atoms with Gasteiger partial charge < -0.3 is 15.8 Å². The molecule has 3 heterocycles. The second kappa shape index (κ2) is 8.27. The first-order valence-corrected chi connectivity index (χ1v) is 9.58. The highest BCUT2D eigenvalue weighted by Crippen LogP contribution is 2.22. The van der Waals surface area contributed by atoms with Crippen LogP contribution in [-0.2, 0) is 17.0 Å². The van der Waals surface area contributed by atoms with E-state index in [4.69, 9.17) is 10.5 Å². The molecule has 1 atom stereocenters. The van der Waals surface area contributed by atoms with E-state index in [0.717, 1.165) is 25.1 Å². The molecule has 1 aliphatic heterocycles. The van der Waals surface area contributed by atoms with Gasteiger partial charge in [-0.2, -0.15) is 15.0 Å². The van der Waals surface area contributed by atoms with E-state index in [1.54, 1.807) is 4.68 Å². The van der Waals surface area contributed by atoms with Crippen molar-refractivity contribution in [3.63, 3.8) is 0 Å². The van der Waals surface area contributed by atoms with Crippen LogP contribution < -0.4 is 11.1 Å². The van der Waals surface area contributed by atoms with E-state index in [9.17, 15) is 0 Å². The van der Waals surface area contributed by atoms with Crippen molar-refractivity contribution >= 4 is 29.3 Å². The zero-order chi connectivity index (χ0) is 18.5. The lowest BCUT2D eigenvalue weighted by Crippen LogP contribution is -2.17. The molecule has 1 unspecified atom stereocenters. The maximum Gasteiger partial charge on any atom is 0.232 e. The Kier molecular flexibility index (Phi) is 5.39. The second-order valence-electron chi connectivity index (χ2n) is 5.99. The van der Waals surface area contributed by atoms with Crippen LogP contribution in [0.3, 0.4) is 0 Å². The van der Waals surface area contributed by atoms with Crippen LogP contribution in [0.1, 0.15) is 18.7 Å². The summed E-state index contributed by atoms with van der Waals surface area (Å²) in [7, 11) is 0. The molecule has 3 N–H and O–H groups in total. The number of anilines is 3. The Morgan fingerprint density at radius 1 is 1.22 bits per heavy atom. The summed E-state index contributed by atoms with van der Waals surface area (Å²) in [6.45, 7) is 1.45.